The van der Waals surface area contributed by atoms with E-state index in [4.69, 9.17) is 4.74 Å². The zero-order valence-electron chi connectivity index (χ0n) is 12.5. The van der Waals surface area contributed by atoms with Crippen LogP contribution in [0.4, 0.5) is 0 Å². The second-order valence-electron chi connectivity index (χ2n) is 6.43. The first kappa shape index (κ1) is 16.3. The Morgan fingerprint density at radius 3 is 2.50 bits per heavy atom. The van der Waals surface area contributed by atoms with Gasteiger partial charge in [-0.1, -0.05) is 6.42 Å². The van der Waals surface area contributed by atoms with E-state index in [-0.39, 0.29) is 24.0 Å². The lowest BCUT2D eigenvalue weighted by Crippen LogP contribution is -2.48. The van der Waals surface area contributed by atoms with E-state index in [0.29, 0.717) is 11.5 Å². The van der Waals surface area contributed by atoms with Crippen molar-refractivity contribution in [3.63, 3.8) is 0 Å². The summed E-state index contributed by atoms with van der Waals surface area (Å²) in [7, 11) is 1.86. The maximum Gasteiger partial charge on any atom is 0.191 e. The van der Waals surface area contributed by atoms with E-state index in [1.807, 2.05) is 7.05 Å². The van der Waals surface area contributed by atoms with Crippen LogP contribution < -0.4 is 10.6 Å². The smallest absolute Gasteiger partial charge is 0.191 e. The first-order chi connectivity index (χ1) is 9.32. The van der Waals surface area contributed by atoms with Gasteiger partial charge >= 0.3 is 0 Å². The van der Waals surface area contributed by atoms with Crippen molar-refractivity contribution in [1.82, 2.24) is 10.6 Å². The average molecular weight is 393 g/mol. The van der Waals surface area contributed by atoms with Gasteiger partial charge in [0, 0.05) is 26.7 Å². The molecule has 1 heterocycles. The molecule has 2 aliphatic carbocycles. The van der Waals surface area contributed by atoms with Crippen LogP contribution in [0.2, 0.25) is 0 Å². The van der Waals surface area contributed by atoms with Gasteiger partial charge in [-0.25, -0.2) is 0 Å². The molecule has 0 spiro atoms. The third-order valence-electron chi connectivity index (χ3n) is 5.15. The minimum Gasteiger partial charge on any atom is -0.376 e. The molecule has 20 heavy (non-hydrogen) atoms. The number of hydrogen-bond acceptors (Lipinski definition) is 2. The molecule has 116 valence electrons. The van der Waals surface area contributed by atoms with Crippen LogP contribution in [-0.2, 0) is 4.74 Å². The van der Waals surface area contributed by atoms with E-state index < -0.39 is 0 Å². The number of hydrogen-bond donors (Lipinski definition) is 2. The number of ether oxygens (including phenoxy) is 1. The van der Waals surface area contributed by atoms with Gasteiger partial charge in [0.1, 0.15) is 0 Å². The predicted molar refractivity (Wildman–Crippen MR) is 92.8 cm³/mol. The molecule has 3 fully saturated rings. The van der Waals surface area contributed by atoms with Gasteiger partial charge in [0.15, 0.2) is 5.96 Å². The number of rotatable bonds is 5. The Hall–Kier alpha value is -0.0400. The van der Waals surface area contributed by atoms with Gasteiger partial charge in [-0.15, -0.1) is 24.0 Å². The fourth-order valence-corrected chi connectivity index (χ4v) is 3.55. The molecule has 1 atom stereocenters. The Labute approximate surface area is 139 Å². The second-order valence-corrected chi connectivity index (χ2v) is 6.43. The lowest BCUT2D eigenvalue weighted by Gasteiger charge is -2.43. The first-order valence-corrected chi connectivity index (χ1v) is 7.88. The van der Waals surface area contributed by atoms with Gasteiger partial charge in [-0.3, -0.25) is 4.99 Å². The van der Waals surface area contributed by atoms with Gasteiger partial charge < -0.3 is 15.4 Å². The fraction of sp³-hybridized carbons (Fsp3) is 0.933. The minimum absolute atomic E-state index is 0. The Bertz CT molecular complexity index is 334. The van der Waals surface area contributed by atoms with Crippen LogP contribution >= 0.6 is 24.0 Å². The van der Waals surface area contributed by atoms with Crippen molar-refractivity contribution in [2.24, 2.45) is 16.3 Å². The molecule has 0 bridgehead atoms. The molecule has 0 aromatic rings. The van der Waals surface area contributed by atoms with Crippen LogP contribution in [0.15, 0.2) is 4.99 Å². The predicted octanol–water partition coefficient (Wildman–Crippen LogP) is 2.53. The molecule has 3 aliphatic rings. The van der Waals surface area contributed by atoms with Crippen molar-refractivity contribution in [1.29, 1.82) is 0 Å². The Kier molecular flexibility index (Phi) is 5.95. The number of nitrogens with one attached hydrogen (secondary N) is 2. The zero-order valence-corrected chi connectivity index (χ0v) is 14.8. The first-order valence-electron chi connectivity index (χ1n) is 7.88. The summed E-state index contributed by atoms with van der Waals surface area (Å²) in [6, 6.07) is 0. The molecular weight excluding hydrogens is 365 g/mol. The molecule has 5 heteroatoms. The lowest BCUT2D eigenvalue weighted by atomic mass is 9.65. The van der Waals surface area contributed by atoms with Gasteiger partial charge in [0.25, 0.3) is 0 Å². The van der Waals surface area contributed by atoms with Crippen molar-refractivity contribution >= 4 is 29.9 Å². The number of aliphatic imine (C=N–C) groups is 1. The molecule has 0 radical (unpaired) electrons. The van der Waals surface area contributed by atoms with Crippen LogP contribution in [0.1, 0.15) is 44.9 Å². The normalized spacial score (nSPS) is 28.4. The molecule has 1 saturated heterocycles. The molecular formula is C15H28IN3O. The van der Waals surface area contributed by atoms with E-state index in [0.717, 1.165) is 31.6 Å². The standard InChI is InChI=1S/C15H27N3O.HI/c1-16-14(17-10-13-4-2-9-19-13)18-11-15(7-3-8-15)12-5-6-12;/h12-13H,2-11H2,1H3,(H2,16,17,18);1H. The third-order valence-corrected chi connectivity index (χ3v) is 5.15. The topological polar surface area (TPSA) is 45.7 Å². The summed E-state index contributed by atoms with van der Waals surface area (Å²) in [5.41, 5.74) is 0.599. The highest BCUT2D eigenvalue weighted by Gasteiger charge is 2.48. The van der Waals surface area contributed by atoms with Crippen LogP contribution in [0.3, 0.4) is 0 Å². The largest absolute Gasteiger partial charge is 0.376 e. The van der Waals surface area contributed by atoms with Crippen molar-refractivity contribution in [3.05, 3.63) is 0 Å². The molecule has 2 N–H and O–H groups in total. The van der Waals surface area contributed by atoms with Crippen molar-refractivity contribution in [3.8, 4) is 0 Å². The lowest BCUT2D eigenvalue weighted by molar-refractivity contribution is 0.104. The summed E-state index contributed by atoms with van der Waals surface area (Å²) < 4.78 is 5.63. The summed E-state index contributed by atoms with van der Waals surface area (Å²) in [5.74, 6) is 1.94. The Morgan fingerprint density at radius 2 is 2.00 bits per heavy atom. The van der Waals surface area contributed by atoms with Gasteiger partial charge in [0.05, 0.1) is 6.10 Å². The zero-order chi connectivity index (χ0) is 13.1. The van der Waals surface area contributed by atoms with Gasteiger partial charge in [-0.2, -0.15) is 0 Å². The summed E-state index contributed by atoms with van der Waals surface area (Å²) in [6.45, 7) is 2.90. The maximum absolute atomic E-state index is 5.63. The van der Waals surface area contributed by atoms with E-state index >= 15 is 0 Å². The van der Waals surface area contributed by atoms with Crippen molar-refractivity contribution in [2.45, 2.75) is 51.0 Å². The fourth-order valence-electron chi connectivity index (χ4n) is 3.55. The Balaban J connectivity index is 0.00000147. The number of guanidine groups is 1. The van der Waals surface area contributed by atoms with Crippen molar-refractivity contribution < 1.29 is 4.74 Å². The number of nitrogens with zero attached hydrogens (tertiary/aromatic N) is 1. The summed E-state index contributed by atoms with van der Waals surface area (Å²) >= 11 is 0. The summed E-state index contributed by atoms with van der Waals surface area (Å²) in [4.78, 5) is 4.33. The average Bonchev–Trinajstić information content (AvgIpc) is 3.08. The quantitative estimate of drug-likeness (QED) is 0.429. The second kappa shape index (κ2) is 7.29. The molecule has 1 unspecified atom stereocenters. The van der Waals surface area contributed by atoms with Crippen molar-refractivity contribution in [2.75, 3.05) is 26.7 Å². The molecule has 0 aromatic heterocycles. The highest BCUT2D eigenvalue weighted by Crippen LogP contribution is 2.56. The van der Waals surface area contributed by atoms with Gasteiger partial charge in [-0.05, 0) is 49.9 Å². The van der Waals surface area contributed by atoms with Gasteiger partial charge in [0.2, 0.25) is 0 Å². The number of halogens is 1. The molecule has 2 saturated carbocycles. The maximum atomic E-state index is 5.63. The Morgan fingerprint density at radius 1 is 1.20 bits per heavy atom. The summed E-state index contributed by atoms with van der Waals surface area (Å²) in [6.07, 6.45) is 9.88. The molecule has 0 amide bonds. The highest BCUT2D eigenvalue weighted by atomic mass is 127. The van der Waals surface area contributed by atoms with E-state index in [2.05, 4.69) is 15.6 Å². The minimum atomic E-state index is 0. The monoisotopic (exact) mass is 393 g/mol. The third kappa shape index (κ3) is 3.78. The van der Waals surface area contributed by atoms with Crippen LogP contribution in [0.25, 0.3) is 0 Å². The molecule has 3 rings (SSSR count). The summed E-state index contributed by atoms with van der Waals surface area (Å²) in [5, 5.41) is 6.95. The van der Waals surface area contributed by atoms with E-state index in [1.165, 1.54) is 44.9 Å². The van der Waals surface area contributed by atoms with Crippen LogP contribution in [0, 0.1) is 11.3 Å². The van der Waals surface area contributed by atoms with E-state index in [9.17, 15) is 0 Å². The molecule has 1 aliphatic heterocycles. The van der Waals surface area contributed by atoms with E-state index in [1.54, 1.807) is 0 Å². The molecule has 4 nitrogen and oxygen atoms in total. The molecule has 0 aromatic carbocycles. The SMILES string of the molecule is CN=C(NCC1CCCO1)NCC1(C2CC2)CCC1.I. The van der Waals surface area contributed by atoms with Crippen LogP contribution in [0.5, 0.6) is 0 Å². The highest BCUT2D eigenvalue weighted by molar-refractivity contribution is 14.0. The van der Waals surface area contributed by atoms with Crippen LogP contribution in [-0.4, -0.2) is 38.8 Å².